The number of allylic oxidation sites excluding steroid dienone is 2. The van der Waals surface area contributed by atoms with E-state index in [-0.39, 0.29) is 17.0 Å². The minimum absolute atomic E-state index is 0.0384. The Morgan fingerprint density at radius 2 is 1.83 bits per heavy atom. The van der Waals surface area contributed by atoms with Crippen molar-refractivity contribution in [2.75, 3.05) is 32.7 Å². The summed E-state index contributed by atoms with van der Waals surface area (Å²) in [5, 5.41) is 0. The first-order chi connectivity index (χ1) is 17.4. The van der Waals surface area contributed by atoms with Gasteiger partial charge in [-0.3, -0.25) is 4.90 Å². The van der Waals surface area contributed by atoms with E-state index in [0.717, 1.165) is 38.0 Å². The number of aryl methyl sites for hydroxylation is 1. The average molecular weight is 496 g/mol. The molecule has 36 heavy (non-hydrogen) atoms. The molecule has 5 rings (SSSR count). The van der Waals surface area contributed by atoms with Gasteiger partial charge in [0.15, 0.2) is 17.3 Å². The molecule has 2 heterocycles. The zero-order valence-electron chi connectivity index (χ0n) is 20.8. The van der Waals surface area contributed by atoms with Crippen LogP contribution in [-0.2, 0) is 5.54 Å². The average Bonchev–Trinajstić information content (AvgIpc) is 3.31. The van der Waals surface area contributed by atoms with E-state index in [9.17, 15) is 4.39 Å². The summed E-state index contributed by atoms with van der Waals surface area (Å²) < 4.78 is 52.8. The Bertz CT molecular complexity index is 1290. The normalized spacial score (nSPS) is 23.6. The third kappa shape index (κ3) is 4.39. The van der Waals surface area contributed by atoms with E-state index in [1.165, 1.54) is 30.7 Å². The number of piperazine rings is 1. The first kappa shape index (κ1) is 24.8. The molecular formula is C29H32F3N3O. The Balaban J connectivity index is 1.53. The van der Waals surface area contributed by atoms with Crippen molar-refractivity contribution < 1.29 is 17.6 Å². The smallest absolute Gasteiger partial charge is 0.223 e. The minimum atomic E-state index is -2.10. The van der Waals surface area contributed by atoms with Crippen LogP contribution in [0.2, 0.25) is 0 Å². The fraction of sp³-hybridized carbons (Fsp3) is 0.414. The number of nitrogens with zero attached hydrogens (tertiary/aromatic N) is 3. The number of hydrogen-bond acceptors (Lipinski definition) is 4. The highest BCUT2D eigenvalue weighted by atomic mass is 19.2. The van der Waals surface area contributed by atoms with Crippen molar-refractivity contribution in [1.29, 1.82) is 0 Å². The molecule has 2 aromatic carbocycles. The van der Waals surface area contributed by atoms with E-state index in [4.69, 9.17) is 4.42 Å². The summed E-state index contributed by atoms with van der Waals surface area (Å²) >= 11 is 0. The molecule has 2 atom stereocenters. The van der Waals surface area contributed by atoms with Crippen molar-refractivity contribution in [2.24, 2.45) is 0 Å². The molecular weight excluding hydrogens is 463 g/mol. The third-order valence-electron chi connectivity index (χ3n) is 7.39. The summed E-state index contributed by atoms with van der Waals surface area (Å²) in [6, 6.07) is 11.4. The number of unbranched alkanes of at least 4 members (excludes halogenated alkanes) is 2. The molecule has 0 N–H and O–H groups in total. The Labute approximate surface area is 210 Å². The number of fused-ring (bicyclic) bond motifs is 1. The van der Waals surface area contributed by atoms with Crippen LogP contribution in [0.1, 0.15) is 43.2 Å². The largest absolute Gasteiger partial charge is 0.438 e. The second-order valence-electron chi connectivity index (χ2n) is 9.79. The van der Waals surface area contributed by atoms with E-state index in [2.05, 4.69) is 16.8 Å². The van der Waals surface area contributed by atoms with Crippen LogP contribution in [0.5, 0.6) is 0 Å². The number of halogens is 3. The fourth-order valence-electron chi connectivity index (χ4n) is 5.32. The summed E-state index contributed by atoms with van der Waals surface area (Å²) in [6.45, 7) is 7.69. The summed E-state index contributed by atoms with van der Waals surface area (Å²) in [5.74, 6) is -1.48. The predicted molar refractivity (Wildman–Crippen MR) is 136 cm³/mol. The highest BCUT2D eigenvalue weighted by Gasteiger charge is 2.53. The summed E-state index contributed by atoms with van der Waals surface area (Å²) in [5.41, 5.74) is 0.533. The number of hydrogen-bond donors (Lipinski definition) is 0. The summed E-state index contributed by atoms with van der Waals surface area (Å²) in [7, 11) is 0. The SMILES string of the molecule is CCCCCN1CCN(C2(c3nc4cc(C)ccc4o3)C=CC(c3ccccc3F)=C(F)C2F)CC1. The van der Waals surface area contributed by atoms with E-state index in [1.54, 1.807) is 18.2 Å². The van der Waals surface area contributed by atoms with Gasteiger partial charge in [0.1, 0.15) is 17.2 Å². The lowest BCUT2D eigenvalue weighted by atomic mass is 9.81. The zero-order valence-corrected chi connectivity index (χ0v) is 20.8. The molecule has 1 aliphatic carbocycles. The molecule has 4 nitrogen and oxygen atoms in total. The molecule has 0 spiro atoms. The molecule has 2 unspecified atom stereocenters. The maximum Gasteiger partial charge on any atom is 0.223 e. The third-order valence-corrected chi connectivity index (χ3v) is 7.39. The predicted octanol–water partition coefficient (Wildman–Crippen LogP) is 6.57. The number of aromatic nitrogens is 1. The molecule has 1 aromatic heterocycles. The quantitative estimate of drug-likeness (QED) is 0.347. The molecule has 1 fully saturated rings. The van der Waals surface area contributed by atoms with E-state index >= 15 is 8.78 Å². The minimum Gasteiger partial charge on any atom is -0.438 e. The highest BCUT2D eigenvalue weighted by molar-refractivity contribution is 5.79. The van der Waals surface area contributed by atoms with Crippen LogP contribution >= 0.6 is 0 Å². The Morgan fingerprint density at radius 1 is 1.06 bits per heavy atom. The topological polar surface area (TPSA) is 32.5 Å². The van der Waals surface area contributed by atoms with Crippen LogP contribution in [0.3, 0.4) is 0 Å². The molecule has 7 heteroatoms. The van der Waals surface area contributed by atoms with Gasteiger partial charge in [-0.2, -0.15) is 0 Å². The van der Waals surface area contributed by atoms with Crippen molar-refractivity contribution in [2.45, 2.75) is 44.8 Å². The molecule has 1 aliphatic heterocycles. The summed E-state index contributed by atoms with van der Waals surface area (Å²) in [4.78, 5) is 8.95. The highest BCUT2D eigenvalue weighted by Crippen LogP contribution is 2.46. The Morgan fingerprint density at radius 3 is 2.58 bits per heavy atom. The summed E-state index contributed by atoms with van der Waals surface area (Å²) in [6.07, 6.45) is 4.46. The van der Waals surface area contributed by atoms with Gasteiger partial charge in [-0.05, 0) is 43.7 Å². The van der Waals surface area contributed by atoms with Gasteiger partial charge in [-0.15, -0.1) is 0 Å². The molecule has 1 saturated heterocycles. The number of rotatable bonds is 7. The van der Waals surface area contributed by atoms with Crippen LogP contribution < -0.4 is 0 Å². The second kappa shape index (κ2) is 10.2. The van der Waals surface area contributed by atoms with Crippen LogP contribution in [0.15, 0.2) is 64.9 Å². The van der Waals surface area contributed by atoms with E-state index in [0.29, 0.717) is 24.2 Å². The Kier molecular flexibility index (Phi) is 7.04. The van der Waals surface area contributed by atoms with Crippen LogP contribution in [0.4, 0.5) is 13.2 Å². The van der Waals surface area contributed by atoms with Gasteiger partial charge in [-0.1, -0.05) is 56.2 Å². The fourth-order valence-corrected chi connectivity index (χ4v) is 5.32. The van der Waals surface area contributed by atoms with Gasteiger partial charge in [0.05, 0.1) is 0 Å². The van der Waals surface area contributed by atoms with Crippen molar-refractivity contribution >= 4 is 16.7 Å². The molecule has 0 saturated carbocycles. The lowest BCUT2D eigenvalue weighted by molar-refractivity contribution is -0.00410. The van der Waals surface area contributed by atoms with Gasteiger partial charge in [-0.25, -0.2) is 18.2 Å². The Hall–Kier alpha value is -2.90. The lowest BCUT2D eigenvalue weighted by Crippen LogP contribution is -2.59. The van der Waals surface area contributed by atoms with Gasteiger partial charge in [0, 0.05) is 37.3 Å². The van der Waals surface area contributed by atoms with Crippen molar-refractivity contribution in [3.63, 3.8) is 0 Å². The lowest BCUT2D eigenvalue weighted by Gasteiger charge is -2.46. The van der Waals surface area contributed by atoms with Crippen LogP contribution in [-0.4, -0.2) is 53.7 Å². The maximum absolute atomic E-state index is 16.4. The molecule has 2 aliphatic rings. The molecule has 0 bridgehead atoms. The number of benzene rings is 2. The van der Waals surface area contributed by atoms with Crippen molar-refractivity contribution in [1.82, 2.24) is 14.8 Å². The van der Waals surface area contributed by atoms with Gasteiger partial charge in [0.25, 0.3) is 0 Å². The van der Waals surface area contributed by atoms with E-state index in [1.807, 2.05) is 24.0 Å². The molecule has 190 valence electrons. The van der Waals surface area contributed by atoms with Gasteiger partial charge in [0.2, 0.25) is 5.89 Å². The first-order valence-electron chi connectivity index (χ1n) is 12.8. The van der Waals surface area contributed by atoms with Gasteiger partial charge >= 0.3 is 0 Å². The van der Waals surface area contributed by atoms with Crippen LogP contribution in [0, 0.1) is 12.7 Å². The molecule has 0 radical (unpaired) electrons. The van der Waals surface area contributed by atoms with E-state index < -0.39 is 23.4 Å². The van der Waals surface area contributed by atoms with Crippen molar-refractivity contribution in [3.8, 4) is 0 Å². The maximum atomic E-state index is 16.4. The van der Waals surface area contributed by atoms with Gasteiger partial charge < -0.3 is 9.32 Å². The monoisotopic (exact) mass is 495 g/mol. The van der Waals surface area contributed by atoms with Crippen molar-refractivity contribution in [3.05, 3.63) is 83.3 Å². The number of alkyl halides is 1. The first-order valence-corrected chi connectivity index (χ1v) is 12.8. The second-order valence-corrected chi connectivity index (χ2v) is 9.79. The molecule has 0 amide bonds. The standard InChI is InChI=1S/C29H32F3N3O/c1-3-4-7-14-34-15-17-35(18-16-34)29(28-33-24-19-20(2)10-11-25(24)36-28)13-12-22(26(31)27(29)32)21-8-5-6-9-23(21)30/h5-6,8-13,19,27H,3-4,7,14-18H2,1-2H3. The zero-order chi connectivity index (χ0) is 25.3. The molecule has 3 aromatic rings. The van der Waals surface area contributed by atoms with Crippen LogP contribution in [0.25, 0.3) is 16.7 Å². The number of oxazole rings is 1.